The SMILES string of the molecule is Cc1sc(-c2ccccc2)nc1CCCOc1cc(CC(P2(=O)OCCCO2)P2(=O)OCCCO2)ccc1F. The summed E-state index contributed by atoms with van der Waals surface area (Å²) >= 11 is 1.66. The van der Waals surface area contributed by atoms with Gasteiger partial charge in [0.1, 0.15) is 5.01 Å². The minimum absolute atomic E-state index is 0.00543. The third-order valence-electron chi connectivity index (χ3n) is 6.54. The summed E-state index contributed by atoms with van der Waals surface area (Å²) in [5.74, 6) is -0.446. The molecule has 2 aromatic carbocycles. The average molecular weight is 596 g/mol. The normalized spacial score (nSPS) is 18.7. The van der Waals surface area contributed by atoms with Crippen LogP contribution in [0.25, 0.3) is 10.6 Å². The topological polar surface area (TPSA) is 93.2 Å². The van der Waals surface area contributed by atoms with Crippen LogP contribution in [0.15, 0.2) is 48.5 Å². The highest BCUT2D eigenvalue weighted by Crippen LogP contribution is 2.72. The van der Waals surface area contributed by atoms with E-state index in [1.807, 2.05) is 30.3 Å². The maximum atomic E-state index is 14.6. The first-order chi connectivity index (χ1) is 18.9. The zero-order chi connectivity index (χ0) is 27.3. The lowest BCUT2D eigenvalue weighted by molar-refractivity contribution is 0.125. The van der Waals surface area contributed by atoms with Gasteiger partial charge in [0.2, 0.25) is 0 Å². The molecule has 0 aliphatic carbocycles. The zero-order valence-electron chi connectivity index (χ0n) is 21.8. The fourth-order valence-electron chi connectivity index (χ4n) is 4.48. The molecule has 0 spiro atoms. The molecule has 0 N–H and O–H groups in total. The van der Waals surface area contributed by atoms with Gasteiger partial charge in [-0.25, -0.2) is 9.37 Å². The number of aromatic nitrogens is 1. The summed E-state index contributed by atoms with van der Waals surface area (Å²) < 4.78 is 69.7. The maximum Gasteiger partial charge on any atom is 0.346 e. The van der Waals surface area contributed by atoms with Crippen LogP contribution in [0.3, 0.4) is 0 Å². The molecule has 1 aromatic heterocycles. The molecule has 3 aromatic rings. The molecule has 0 saturated carbocycles. The molecule has 12 heteroatoms. The van der Waals surface area contributed by atoms with Gasteiger partial charge < -0.3 is 22.8 Å². The van der Waals surface area contributed by atoms with Crippen LogP contribution in [0.4, 0.5) is 4.39 Å². The molecule has 0 bridgehead atoms. The van der Waals surface area contributed by atoms with E-state index in [0.717, 1.165) is 21.1 Å². The molecular formula is C27H32FNO7P2S. The molecule has 2 fully saturated rings. The first kappa shape index (κ1) is 28.6. The minimum atomic E-state index is -3.79. The summed E-state index contributed by atoms with van der Waals surface area (Å²) in [6, 6.07) is 14.4. The maximum absolute atomic E-state index is 14.6. The largest absolute Gasteiger partial charge is 0.490 e. The fraction of sp³-hybridized carbons (Fsp3) is 0.444. The second-order valence-electron chi connectivity index (χ2n) is 9.41. The fourth-order valence-corrected chi connectivity index (χ4v) is 10.9. The average Bonchev–Trinajstić information content (AvgIpc) is 3.32. The van der Waals surface area contributed by atoms with Gasteiger partial charge in [-0.05, 0) is 56.7 Å². The van der Waals surface area contributed by atoms with Crippen molar-refractivity contribution in [3.05, 3.63) is 70.5 Å². The van der Waals surface area contributed by atoms with Crippen LogP contribution in [-0.4, -0.2) is 43.4 Å². The lowest BCUT2D eigenvalue weighted by Crippen LogP contribution is -2.25. The van der Waals surface area contributed by atoms with Crippen molar-refractivity contribution in [3.8, 4) is 16.3 Å². The predicted molar refractivity (Wildman–Crippen MR) is 148 cm³/mol. The third-order valence-corrected chi connectivity index (χ3v) is 13.3. The summed E-state index contributed by atoms with van der Waals surface area (Å²) in [4.78, 5) is 5.93. The van der Waals surface area contributed by atoms with E-state index >= 15 is 0 Å². The minimum Gasteiger partial charge on any atom is -0.490 e. The molecule has 5 rings (SSSR count). The molecule has 39 heavy (non-hydrogen) atoms. The first-order valence-electron chi connectivity index (χ1n) is 13.1. The standard InChI is InChI=1S/C27H32FNO7P2S/c1-20-24(29-27(39-20)22-8-3-2-4-9-22)10-5-13-32-25-18-21(11-12-23(25)28)19-26(37(30)33-14-6-15-34-37)38(31)35-16-7-17-36-38/h2-4,8-9,11-12,18,26H,5-7,10,13-17,19H2,1H3. The van der Waals surface area contributed by atoms with Crippen molar-refractivity contribution in [2.24, 2.45) is 0 Å². The lowest BCUT2D eigenvalue weighted by atomic mass is 10.1. The lowest BCUT2D eigenvalue weighted by Gasteiger charge is -2.35. The van der Waals surface area contributed by atoms with Gasteiger partial charge in [-0.2, -0.15) is 0 Å². The van der Waals surface area contributed by atoms with Crippen LogP contribution in [0.5, 0.6) is 5.75 Å². The Labute approximate surface area is 231 Å². The number of rotatable bonds is 10. The summed E-state index contributed by atoms with van der Waals surface area (Å²) in [6.07, 6.45) is 2.54. The summed E-state index contributed by atoms with van der Waals surface area (Å²) in [5, 5.41) is -0.164. The van der Waals surface area contributed by atoms with E-state index < -0.39 is 26.4 Å². The predicted octanol–water partition coefficient (Wildman–Crippen LogP) is 7.40. The summed E-state index contributed by atoms with van der Waals surface area (Å²) in [7, 11) is -7.58. The Kier molecular flexibility index (Phi) is 9.35. The van der Waals surface area contributed by atoms with E-state index in [2.05, 4.69) is 6.92 Å². The molecule has 210 valence electrons. The van der Waals surface area contributed by atoms with Crippen molar-refractivity contribution in [1.29, 1.82) is 0 Å². The summed E-state index contributed by atoms with van der Waals surface area (Å²) in [6.45, 7) is 3.27. The number of thiazole rings is 1. The van der Waals surface area contributed by atoms with Crippen LogP contribution in [0.1, 0.15) is 35.4 Å². The number of halogens is 1. The van der Waals surface area contributed by atoms with E-state index in [1.54, 1.807) is 17.4 Å². The highest BCUT2D eigenvalue weighted by molar-refractivity contribution is 7.72. The number of benzene rings is 2. The number of nitrogens with zero attached hydrogens (tertiary/aromatic N) is 1. The molecule has 0 radical (unpaired) electrons. The third kappa shape index (κ3) is 6.88. The molecule has 2 aliphatic heterocycles. The number of ether oxygens (including phenoxy) is 1. The Morgan fingerprint density at radius 1 is 0.974 bits per heavy atom. The molecule has 3 heterocycles. The van der Waals surface area contributed by atoms with Crippen molar-refractivity contribution >= 4 is 26.5 Å². The Bertz CT molecular complexity index is 1320. The Morgan fingerprint density at radius 3 is 2.26 bits per heavy atom. The van der Waals surface area contributed by atoms with Crippen LogP contribution < -0.4 is 4.74 Å². The molecule has 0 unspecified atom stereocenters. The smallest absolute Gasteiger partial charge is 0.346 e. The Morgan fingerprint density at radius 2 is 1.62 bits per heavy atom. The van der Waals surface area contributed by atoms with Crippen molar-refractivity contribution in [1.82, 2.24) is 4.98 Å². The Hall–Kier alpha value is -1.90. The zero-order valence-corrected chi connectivity index (χ0v) is 24.4. The van der Waals surface area contributed by atoms with Crippen LogP contribution in [0.2, 0.25) is 0 Å². The van der Waals surface area contributed by atoms with Crippen LogP contribution in [-0.2, 0) is 40.1 Å². The van der Waals surface area contributed by atoms with Crippen molar-refractivity contribution in [2.75, 3.05) is 33.0 Å². The van der Waals surface area contributed by atoms with Crippen LogP contribution >= 0.6 is 26.5 Å². The van der Waals surface area contributed by atoms with E-state index in [4.69, 9.17) is 27.8 Å². The van der Waals surface area contributed by atoms with Gasteiger partial charge >= 0.3 is 15.2 Å². The second kappa shape index (κ2) is 12.7. The van der Waals surface area contributed by atoms with Gasteiger partial charge in [0.25, 0.3) is 0 Å². The first-order valence-corrected chi connectivity index (χ1v) is 17.1. The van der Waals surface area contributed by atoms with Crippen molar-refractivity contribution < 1.29 is 36.4 Å². The highest BCUT2D eigenvalue weighted by Gasteiger charge is 2.52. The van der Waals surface area contributed by atoms with Gasteiger partial charge in [-0.1, -0.05) is 36.4 Å². The highest BCUT2D eigenvalue weighted by atomic mass is 32.1. The molecule has 8 nitrogen and oxygen atoms in total. The van der Waals surface area contributed by atoms with Gasteiger partial charge in [-0.3, -0.25) is 9.13 Å². The van der Waals surface area contributed by atoms with Gasteiger partial charge in [0.15, 0.2) is 17.0 Å². The van der Waals surface area contributed by atoms with Gasteiger partial charge in [-0.15, -0.1) is 11.3 Å². The van der Waals surface area contributed by atoms with E-state index in [9.17, 15) is 13.5 Å². The quantitative estimate of drug-likeness (QED) is 0.177. The van der Waals surface area contributed by atoms with E-state index in [0.29, 0.717) is 31.2 Å². The molecule has 0 atom stereocenters. The Balaban J connectivity index is 1.24. The van der Waals surface area contributed by atoms with Crippen molar-refractivity contribution in [3.63, 3.8) is 0 Å². The van der Waals surface area contributed by atoms with Crippen molar-refractivity contribution in [2.45, 2.75) is 44.4 Å². The molecule has 2 aliphatic rings. The molecule has 2 saturated heterocycles. The number of hydrogen-bond acceptors (Lipinski definition) is 9. The summed E-state index contributed by atoms with van der Waals surface area (Å²) in [5.41, 5.74) is 2.66. The van der Waals surface area contributed by atoms with Gasteiger partial charge in [0.05, 0.1) is 38.7 Å². The van der Waals surface area contributed by atoms with Gasteiger partial charge in [0, 0.05) is 10.4 Å². The number of hydrogen-bond donors (Lipinski definition) is 0. The van der Waals surface area contributed by atoms with E-state index in [1.165, 1.54) is 12.1 Å². The second-order valence-corrected chi connectivity index (χ2v) is 15.5. The number of aryl methyl sites for hydroxylation is 2. The van der Waals surface area contributed by atoms with E-state index in [-0.39, 0.29) is 45.2 Å². The molecular weight excluding hydrogens is 563 g/mol. The monoisotopic (exact) mass is 595 g/mol. The molecule has 0 amide bonds. The van der Waals surface area contributed by atoms with Crippen LogP contribution in [0, 0.1) is 12.7 Å².